The number of aliphatic imine (C=N–C) groups is 1. The number of allylic oxidation sites excluding steroid dienone is 1. The van der Waals surface area contributed by atoms with Crippen molar-refractivity contribution in [2.75, 3.05) is 19.8 Å². The lowest BCUT2D eigenvalue weighted by Crippen LogP contribution is -3.01. The van der Waals surface area contributed by atoms with E-state index in [0.717, 1.165) is 48.3 Å². The van der Waals surface area contributed by atoms with Gasteiger partial charge in [-0.05, 0) is 74.0 Å². The SMILES string of the molecule is Cc1cc(=O)c2cc3c(c([NH+]4C=C5N=CC=C5C4)c2o1)OC(C)(C1CCCCC1)C(OOCC(O)(Cc1ccc(O)c2ccc(O)cc12)C(O)C(O)C(O)CO)C3. The third-order valence-corrected chi connectivity index (χ3v) is 12.3. The maximum Gasteiger partial charge on any atom is 0.222 e. The highest BCUT2D eigenvalue weighted by Gasteiger charge is 2.52. The summed E-state index contributed by atoms with van der Waals surface area (Å²) in [5, 5.41) is 76.2. The number of aliphatic hydroxyl groups is 5. The lowest BCUT2D eigenvalue weighted by Gasteiger charge is -2.47. The van der Waals surface area contributed by atoms with E-state index >= 15 is 0 Å². The molecule has 3 aromatic carbocycles. The van der Waals surface area contributed by atoms with E-state index in [1.165, 1.54) is 36.4 Å². The van der Waals surface area contributed by atoms with Crippen LogP contribution >= 0.6 is 0 Å². The molecule has 57 heavy (non-hydrogen) atoms. The Hall–Kier alpha value is -4.64. The molecule has 1 fully saturated rings. The summed E-state index contributed by atoms with van der Waals surface area (Å²) in [5.41, 5.74) is 0.601. The van der Waals surface area contributed by atoms with Gasteiger partial charge in [0.05, 0.1) is 12.0 Å². The molecule has 7 unspecified atom stereocenters. The molecule has 4 heterocycles. The summed E-state index contributed by atoms with van der Waals surface area (Å²) >= 11 is 0. The molecular formula is C43H49N2O12+. The van der Waals surface area contributed by atoms with Crippen LogP contribution in [0.1, 0.15) is 55.9 Å². The molecule has 0 bridgehead atoms. The minimum atomic E-state index is -2.35. The van der Waals surface area contributed by atoms with Crippen molar-refractivity contribution in [3.8, 4) is 17.2 Å². The second kappa shape index (κ2) is 15.3. The number of aliphatic hydroxyl groups excluding tert-OH is 4. The molecule has 0 radical (unpaired) electrons. The predicted molar refractivity (Wildman–Crippen MR) is 209 cm³/mol. The summed E-state index contributed by atoms with van der Waals surface area (Å²) in [6.45, 7) is 2.70. The third-order valence-electron chi connectivity index (χ3n) is 12.3. The van der Waals surface area contributed by atoms with Crippen LogP contribution in [0.5, 0.6) is 17.2 Å². The van der Waals surface area contributed by atoms with Gasteiger partial charge < -0.3 is 44.9 Å². The number of nitrogens with zero attached hydrogens (tertiary/aromatic N) is 1. The van der Waals surface area contributed by atoms with Gasteiger partial charge in [0.1, 0.15) is 77.9 Å². The van der Waals surface area contributed by atoms with E-state index in [9.17, 15) is 40.5 Å². The highest BCUT2D eigenvalue weighted by molar-refractivity contribution is 5.92. The first-order chi connectivity index (χ1) is 27.3. The van der Waals surface area contributed by atoms with Crippen LogP contribution in [0.2, 0.25) is 0 Å². The van der Waals surface area contributed by atoms with Gasteiger partial charge in [0.25, 0.3) is 0 Å². The highest BCUT2D eigenvalue weighted by atomic mass is 17.2. The van der Waals surface area contributed by atoms with Gasteiger partial charge >= 0.3 is 0 Å². The minimum Gasteiger partial charge on any atom is -0.508 e. The first kappa shape index (κ1) is 39.2. The number of nitrogens with one attached hydrogen (secondary N) is 1. The average Bonchev–Trinajstić information content (AvgIpc) is 3.81. The fourth-order valence-electron chi connectivity index (χ4n) is 9.04. The van der Waals surface area contributed by atoms with Crippen LogP contribution in [0.25, 0.3) is 21.7 Å². The zero-order valence-electron chi connectivity index (χ0n) is 31.9. The Balaban J connectivity index is 1.16. The van der Waals surface area contributed by atoms with Gasteiger partial charge in [-0.3, -0.25) is 14.7 Å². The van der Waals surface area contributed by atoms with Crippen LogP contribution in [0.4, 0.5) is 5.69 Å². The topological polar surface area (TPSA) is 216 Å². The number of phenolic OH excluding ortho intramolecular Hbond substituents is 2. The molecule has 0 saturated heterocycles. The van der Waals surface area contributed by atoms with Crippen molar-refractivity contribution >= 4 is 33.6 Å². The molecule has 8 N–H and O–H groups in total. The van der Waals surface area contributed by atoms with Gasteiger partial charge in [0.15, 0.2) is 11.2 Å². The number of aromatic hydroxyl groups is 2. The minimum absolute atomic E-state index is 0.0294. The first-order valence-electron chi connectivity index (χ1n) is 19.5. The van der Waals surface area contributed by atoms with E-state index in [1.54, 1.807) is 19.2 Å². The molecule has 1 aliphatic carbocycles. The van der Waals surface area contributed by atoms with E-state index in [1.807, 2.05) is 19.2 Å². The van der Waals surface area contributed by atoms with E-state index < -0.39 is 55.3 Å². The molecule has 1 saturated carbocycles. The quantitative estimate of drug-likeness (QED) is 0.0769. The Bertz CT molecular complexity index is 2350. The molecule has 14 nitrogen and oxygen atoms in total. The lowest BCUT2D eigenvalue weighted by molar-refractivity contribution is -0.763. The van der Waals surface area contributed by atoms with E-state index in [0.29, 0.717) is 56.6 Å². The molecule has 0 amide bonds. The van der Waals surface area contributed by atoms with Crippen LogP contribution in [-0.4, -0.2) is 97.3 Å². The summed E-state index contributed by atoms with van der Waals surface area (Å²) in [6.07, 6.45) is 3.76. The van der Waals surface area contributed by atoms with Gasteiger partial charge in [0, 0.05) is 47.6 Å². The molecule has 3 aliphatic heterocycles. The summed E-state index contributed by atoms with van der Waals surface area (Å²) in [6, 6.07) is 10.4. The van der Waals surface area contributed by atoms with Crippen molar-refractivity contribution in [2.45, 2.75) is 94.4 Å². The van der Waals surface area contributed by atoms with Crippen molar-refractivity contribution in [1.29, 1.82) is 0 Å². The van der Waals surface area contributed by atoms with E-state index in [2.05, 4.69) is 4.99 Å². The largest absolute Gasteiger partial charge is 0.508 e. The van der Waals surface area contributed by atoms with Crippen LogP contribution in [-0.2, 0) is 22.6 Å². The zero-order valence-corrected chi connectivity index (χ0v) is 31.9. The van der Waals surface area contributed by atoms with Gasteiger partial charge in [-0.25, -0.2) is 9.78 Å². The number of phenols is 2. The van der Waals surface area contributed by atoms with Crippen molar-refractivity contribution in [1.82, 2.24) is 0 Å². The molecule has 302 valence electrons. The molecule has 7 atom stereocenters. The van der Waals surface area contributed by atoms with E-state index in [4.69, 9.17) is 18.9 Å². The standard InChI is InChI=1S/C43H48N2O12/c1-23-14-34(49)31-15-26-16-36(42(2,27-6-4-3-5-7-27)56-39(26)37(40(31)55-23)45-19-25-12-13-44-32(25)20-45)57-54-22-43(53,41(52)38(51)35(50)21-46)18-24-8-11-33(48)29-10-9-28(47)17-30(24)29/h8-15,17,20,27,35-36,38,41,46-48,50-53H,3-7,16,18-19,21-22H2,1-2H3/p+1. The van der Waals surface area contributed by atoms with Gasteiger partial charge in [-0.15, -0.1) is 0 Å². The molecule has 1 aromatic heterocycles. The normalized spacial score (nSPS) is 24.7. The van der Waals surface area contributed by atoms with Crippen LogP contribution in [0.3, 0.4) is 0 Å². The maximum absolute atomic E-state index is 13.5. The second-order valence-corrected chi connectivity index (χ2v) is 16.2. The van der Waals surface area contributed by atoms with Gasteiger partial charge in [0.2, 0.25) is 11.3 Å². The molecule has 14 heteroatoms. The summed E-state index contributed by atoms with van der Waals surface area (Å²) in [5.74, 6) is 0.917. The monoisotopic (exact) mass is 785 g/mol. The van der Waals surface area contributed by atoms with Crippen molar-refractivity contribution < 1.29 is 59.6 Å². The number of rotatable bonds is 12. The average molecular weight is 786 g/mol. The van der Waals surface area contributed by atoms with Crippen LogP contribution < -0.4 is 15.1 Å². The number of benzene rings is 3. The Morgan fingerprint density at radius 3 is 2.58 bits per heavy atom. The number of hydrogen-bond acceptors (Lipinski definition) is 13. The Labute approximate surface area is 328 Å². The van der Waals surface area contributed by atoms with E-state index in [-0.39, 0.29) is 29.3 Å². The number of quaternary nitrogens is 1. The molecule has 4 aromatic rings. The zero-order chi connectivity index (χ0) is 40.2. The van der Waals surface area contributed by atoms with Crippen LogP contribution in [0.15, 0.2) is 80.2 Å². The maximum atomic E-state index is 13.5. The Morgan fingerprint density at radius 1 is 1.04 bits per heavy atom. The number of ether oxygens (including phenoxy) is 1. The second-order valence-electron chi connectivity index (χ2n) is 16.2. The number of hydrogen-bond donors (Lipinski definition) is 8. The number of aryl methyl sites for hydroxylation is 1. The smallest absolute Gasteiger partial charge is 0.222 e. The van der Waals surface area contributed by atoms with Crippen molar-refractivity contribution in [3.05, 3.63) is 93.1 Å². The third kappa shape index (κ3) is 7.14. The summed E-state index contributed by atoms with van der Waals surface area (Å²) in [4.78, 5) is 31.1. The molecule has 0 spiro atoms. The number of fused-ring (bicyclic) bond motifs is 4. The Kier molecular flexibility index (Phi) is 10.5. The fraction of sp³-hybridized carbons (Fsp3) is 0.442. The fourth-order valence-corrected chi connectivity index (χ4v) is 9.04. The summed E-state index contributed by atoms with van der Waals surface area (Å²) in [7, 11) is 0. The first-order valence-corrected chi connectivity index (χ1v) is 19.5. The van der Waals surface area contributed by atoms with Gasteiger partial charge in [-0.2, -0.15) is 0 Å². The predicted octanol–water partition coefficient (Wildman–Crippen LogP) is 2.69. The lowest BCUT2D eigenvalue weighted by atomic mass is 9.72. The molecule has 4 aliphatic rings. The van der Waals surface area contributed by atoms with Crippen LogP contribution in [0, 0.1) is 12.8 Å². The van der Waals surface area contributed by atoms with Gasteiger partial charge in [-0.1, -0.05) is 25.3 Å². The Morgan fingerprint density at radius 2 is 1.82 bits per heavy atom. The molecular weight excluding hydrogens is 736 g/mol. The van der Waals surface area contributed by atoms with Crippen molar-refractivity contribution in [3.63, 3.8) is 0 Å². The highest BCUT2D eigenvalue weighted by Crippen LogP contribution is 2.48. The molecule has 8 rings (SSSR count). The van der Waals surface area contributed by atoms with Crippen molar-refractivity contribution in [2.24, 2.45) is 10.9 Å². The summed E-state index contributed by atoms with van der Waals surface area (Å²) < 4.78 is 13.5.